The van der Waals surface area contributed by atoms with Crippen LogP contribution in [-0.4, -0.2) is 50.8 Å². The highest BCUT2D eigenvalue weighted by Gasteiger charge is 2.38. The van der Waals surface area contributed by atoms with E-state index in [1.165, 1.54) is 0 Å². The van der Waals surface area contributed by atoms with E-state index in [0.717, 1.165) is 11.1 Å². The van der Waals surface area contributed by atoms with E-state index < -0.39 is 10.0 Å². The first-order chi connectivity index (χ1) is 9.78. The second kappa shape index (κ2) is 6.04. The zero-order chi connectivity index (χ0) is 15.8. The maximum atomic E-state index is 12.9. The highest BCUT2D eigenvalue weighted by atomic mass is 32.2. The van der Waals surface area contributed by atoms with Crippen molar-refractivity contribution in [3.8, 4) is 0 Å². The van der Waals surface area contributed by atoms with Gasteiger partial charge in [0.2, 0.25) is 10.0 Å². The molecule has 1 heterocycles. The summed E-state index contributed by atoms with van der Waals surface area (Å²) in [4.78, 5) is 2.49. The Morgan fingerprint density at radius 2 is 2.00 bits per heavy atom. The van der Waals surface area contributed by atoms with Crippen LogP contribution in [0.5, 0.6) is 0 Å². The van der Waals surface area contributed by atoms with Crippen LogP contribution < -0.4 is 5.73 Å². The zero-order valence-electron chi connectivity index (χ0n) is 13.2. The molecule has 1 aromatic carbocycles. The third-order valence-electron chi connectivity index (χ3n) is 4.44. The van der Waals surface area contributed by atoms with Crippen LogP contribution in [-0.2, 0) is 16.6 Å². The highest BCUT2D eigenvalue weighted by molar-refractivity contribution is 7.89. The fourth-order valence-corrected chi connectivity index (χ4v) is 4.90. The molecular formula is C15H25N3O2S. The fraction of sp³-hybridized carbons (Fsp3) is 0.600. The molecule has 1 saturated heterocycles. The average molecular weight is 311 g/mol. The van der Waals surface area contributed by atoms with Crippen LogP contribution in [0.4, 0.5) is 0 Å². The first-order valence-corrected chi connectivity index (χ1v) is 8.68. The van der Waals surface area contributed by atoms with Crippen molar-refractivity contribution >= 4 is 10.0 Å². The van der Waals surface area contributed by atoms with Gasteiger partial charge in [-0.15, -0.1) is 0 Å². The molecule has 2 atom stereocenters. The topological polar surface area (TPSA) is 66.6 Å². The molecule has 0 radical (unpaired) electrons. The predicted molar refractivity (Wildman–Crippen MR) is 84.5 cm³/mol. The molecule has 118 valence electrons. The van der Waals surface area contributed by atoms with Crippen molar-refractivity contribution in [2.45, 2.75) is 31.3 Å². The highest BCUT2D eigenvalue weighted by Crippen LogP contribution is 2.28. The van der Waals surface area contributed by atoms with Crippen LogP contribution in [0.2, 0.25) is 0 Å². The zero-order valence-corrected chi connectivity index (χ0v) is 14.0. The summed E-state index contributed by atoms with van der Waals surface area (Å²) in [5.41, 5.74) is 7.33. The normalized spacial score (nSPS) is 23.9. The molecule has 1 fully saturated rings. The Kier molecular flexibility index (Phi) is 4.72. The predicted octanol–water partition coefficient (Wildman–Crippen LogP) is 1.02. The molecule has 1 aliphatic heterocycles. The van der Waals surface area contributed by atoms with Crippen molar-refractivity contribution in [1.82, 2.24) is 9.21 Å². The summed E-state index contributed by atoms with van der Waals surface area (Å²) in [6.45, 7) is 5.40. The first-order valence-electron chi connectivity index (χ1n) is 7.24. The van der Waals surface area contributed by atoms with E-state index in [1.807, 2.05) is 27.1 Å². The molecular weight excluding hydrogens is 286 g/mol. The lowest BCUT2D eigenvalue weighted by Gasteiger charge is -2.22. The number of nitrogens with zero attached hydrogens (tertiary/aromatic N) is 2. The summed E-state index contributed by atoms with van der Waals surface area (Å²) in [7, 11) is 0.545. The van der Waals surface area contributed by atoms with Gasteiger partial charge in [-0.05, 0) is 44.1 Å². The van der Waals surface area contributed by atoms with Crippen LogP contribution in [0.3, 0.4) is 0 Å². The molecule has 2 rings (SSSR count). The summed E-state index contributed by atoms with van der Waals surface area (Å²) in [5.74, 6) is 0.327. The number of sulfonamides is 1. The van der Waals surface area contributed by atoms with Crippen LogP contribution in [0, 0.1) is 12.8 Å². The Morgan fingerprint density at radius 3 is 2.52 bits per heavy atom. The molecule has 0 saturated carbocycles. The molecule has 2 N–H and O–H groups in total. The van der Waals surface area contributed by atoms with Crippen molar-refractivity contribution in [2.24, 2.45) is 11.7 Å². The molecule has 1 aromatic rings. The Labute approximate surface area is 127 Å². The smallest absolute Gasteiger partial charge is 0.243 e. The summed E-state index contributed by atoms with van der Waals surface area (Å²) in [6.07, 6.45) is 0. The van der Waals surface area contributed by atoms with Crippen molar-refractivity contribution in [3.63, 3.8) is 0 Å². The number of hydrogen-bond donors (Lipinski definition) is 1. The van der Waals surface area contributed by atoms with Gasteiger partial charge in [0.25, 0.3) is 0 Å². The monoisotopic (exact) mass is 311 g/mol. The van der Waals surface area contributed by atoms with Gasteiger partial charge in [-0.1, -0.05) is 19.1 Å². The molecule has 21 heavy (non-hydrogen) atoms. The largest absolute Gasteiger partial charge is 0.326 e. The van der Waals surface area contributed by atoms with E-state index in [-0.39, 0.29) is 6.04 Å². The number of likely N-dealkylation sites (N-methyl/N-ethyl adjacent to an activating group) is 1. The molecule has 0 bridgehead atoms. The van der Waals surface area contributed by atoms with Crippen molar-refractivity contribution in [1.29, 1.82) is 0 Å². The Bertz CT molecular complexity index is 613. The SMILES string of the molecule is Cc1c(CN)cccc1S(=O)(=O)N1CC(C)C(N(C)C)C1. The second-order valence-electron chi connectivity index (χ2n) is 6.07. The van der Waals surface area contributed by atoms with Gasteiger partial charge in [-0.2, -0.15) is 4.31 Å². The standard InChI is InChI=1S/C15H25N3O2S/c1-11-9-18(10-14(11)17(3)4)21(19,20)15-7-5-6-13(8-16)12(15)2/h5-7,11,14H,8-10,16H2,1-4H3. The summed E-state index contributed by atoms with van der Waals surface area (Å²) < 4.78 is 27.4. The second-order valence-corrected chi connectivity index (χ2v) is 7.98. The molecule has 0 aliphatic carbocycles. The van der Waals surface area contributed by atoms with Crippen molar-refractivity contribution in [3.05, 3.63) is 29.3 Å². The number of hydrogen-bond acceptors (Lipinski definition) is 4. The van der Waals surface area contributed by atoms with Gasteiger partial charge in [-0.25, -0.2) is 8.42 Å². The van der Waals surface area contributed by atoms with Crippen LogP contribution in [0.25, 0.3) is 0 Å². The number of rotatable bonds is 4. The Hall–Kier alpha value is -0.950. The van der Waals surface area contributed by atoms with Crippen LogP contribution in [0.15, 0.2) is 23.1 Å². The minimum Gasteiger partial charge on any atom is -0.326 e. The maximum Gasteiger partial charge on any atom is 0.243 e. The fourth-order valence-electron chi connectivity index (χ4n) is 3.07. The molecule has 1 aliphatic rings. The first kappa shape index (κ1) is 16.4. The van der Waals surface area contributed by atoms with E-state index in [0.29, 0.717) is 30.4 Å². The number of nitrogens with two attached hydrogens (primary N) is 1. The molecule has 0 amide bonds. The summed E-state index contributed by atoms with van der Waals surface area (Å²) in [5, 5.41) is 0. The number of benzene rings is 1. The van der Waals surface area contributed by atoms with Gasteiger partial charge in [0.05, 0.1) is 4.90 Å². The van der Waals surface area contributed by atoms with Gasteiger partial charge in [0, 0.05) is 25.7 Å². The Morgan fingerprint density at radius 1 is 1.33 bits per heavy atom. The van der Waals surface area contributed by atoms with Crippen molar-refractivity contribution in [2.75, 3.05) is 27.2 Å². The molecule has 5 nitrogen and oxygen atoms in total. The molecule has 0 spiro atoms. The maximum absolute atomic E-state index is 12.9. The van der Waals surface area contributed by atoms with Crippen LogP contribution >= 0.6 is 0 Å². The van der Waals surface area contributed by atoms with Gasteiger partial charge < -0.3 is 10.6 Å². The van der Waals surface area contributed by atoms with Gasteiger partial charge >= 0.3 is 0 Å². The van der Waals surface area contributed by atoms with E-state index in [1.54, 1.807) is 16.4 Å². The third-order valence-corrected chi connectivity index (χ3v) is 6.41. The van der Waals surface area contributed by atoms with Crippen LogP contribution in [0.1, 0.15) is 18.1 Å². The lowest BCUT2D eigenvalue weighted by Crippen LogP contribution is -2.36. The Balaban J connectivity index is 2.36. The van der Waals surface area contributed by atoms with E-state index in [9.17, 15) is 8.42 Å². The average Bonchev–Trinajstić information content (AvgIpc) is 2.81. The lowest BCUT2D eigenvalue weighted by atomic mass is 10.1. The van der Waals surface area contributed by atoms with E-state index in [2.05, 4.69) is 11.8 Å². The van der Waals surface area contributed by atoms with E-state index >= 15 is 0 Å². The molecule has 2 unspecified atom stereocenters. The summed E-state index contributed by atoms with van der Waals surface area (Å²) >= 11 is 0. The summed E-state index contributed by atoms with van der Waals surface area (Å²) in [6, 6.07) is 5.59. The van der Waals surface area contributed by atoms with Gasteiger partial charge in [0.1, 0.15) is 0 Å². The minimum absolute atomic E-state index is 0.262. The van der Waals surface area contributed by atoms with Gasteiger partial charge in [0.15, 0.2) is 0 Å². The lowest BCUT2D eigenvalue weighted by molar-refractivity contribution is 0.263. The molecule has 0 aromatic heterocycles. The van der Waals surface area contributed by atoms with E-state index in [4.69, 9.17) is 5.73 Å². The quantitative estimate of drug-likeness (QED) is 0.902. The third kappa shape index (κ3) is 2.99. The van der Waals surface area contributed by atoms with Gasteiger partial charge in [-0.3, -0.25) is 0 Å². The van der Waals surface area contributed by atoms with Crippen molar-refractivity contribution < 1.29 is 8.42 Å². The minimum atomic E-state index is -3.45. The molecule has 6 heteroatoms.